The lowest BCUT2D eigenvalue weighted by Gasteiger charge is -2.30. The molecule has 0 aromatic carbocycles. The van der Waals surface area contributed by atoms with Crippen molar-refractivity contribution in [1.82, 2.24) is 0 Å². The Morgan fingerprint density at radius 1 is 0.850 bits per heavy atom. The first kappa shape index (κ1) is 16.4. The summed E-state index contributed by atoms with van der Waals surface area (Å²) >= 11 is 0. The van der Waals surface area contributed by atoms with Crippen LogP contribution in [0.5, 0.6) is 0 Å². The van der Waals surface area contributed by atoms with Crippen LogP contribution in [-0.4, -0.2) is 0 Å². The van der Waals surface area contributed by atoms with Crippen molar-refractivity contribution in [3.63, 3.8) is 0 Å². The van der Waals surface area contributed by atoms with Crippen LogP contribution in [0.1, 0.15) is 92.4 Å². The van der Waals surface area contributed by atoms with Crippen molar-refractivity contribution in [3.8, 4) is 0 Å². The number of unbranched alkanes of at least 4 members (excludes halogenated alkanes) is 4. The normalized spacial score (nSPS) is 37.4. The topological polar surface area (TPSA) is 0 Å². The quantitative estimate of drug-likeness (QED) is 0.369. The molecule has 2 rings (SSSR count). The number of hydrogen-bond donors (Lipinski definition) is 0. The van der Waals surface area contributed by atoms with Gasteiger partial charge in [0.2, 0.25) is 0 Å². The third kappa shape index (κ3) is 3.25. The van der Waals surface area contributed by atoms with Crippen LogP contribution in [0, 0.1) is 35.0 Å². The zero-order valence-corrected chi connectivity index (χ0v) is 14.8. The third-order valence-corrected chi connectivity index (χ3v) is 6.75. The van der Waals surface area contributed by atoms with Crippen LogP contribution >= 0.6 is 0 Å². The van der Waals surface area contributed by atoms with Crippen LogP contribution in [0.25, 0.3) is 0 Å². The van der Waals surface area contributed by atoms with Gasteiger partial charge in [-0.05, 0) is 41.4 Å². The molecule has 118 valence electrons. The molecule has 0 saturated heterocycles. The van der Waals surface area contributed by atoms with Crippen molar-refractivity contribution < 1.29 is 0 Å². The van der Waals surface area contributed by atoms with Gasteiger partial charge < -0.3 is 0 Å². The lowest BCUT2D eigenvalue weighted by atomic mass is 9.75. The summed E-state index contributed by atoms with van der Waals surface area (Å²) in [6, 6.07) is 0. The molecule has 0 amide bonds. The molecule has 0 aromatic rings. The van der Waals surface area contributed by atoms with E-state index < -0.39 is 0 Å². The van der Waals surface area contributed by atoms with E-state index in [9.17, 15) is 0 Å². The molecule has 4 atom stereocenters. The van der Waals surface area contributed by atoms with E-state index in [4.69, 9.17) is 0 Å². The summed E-state index contributed by atoms with van der Waals surface area (Å²) in [5.74, 6) is 5.35. The molecule has 0 heterocycles. The average molecular weight is 279 g/mol. The second-order valence-electron chi connectivity index (χ2n) is 8.31. The van der Waals surface area contributed by atoms with Gasteiger partial charge in [0.05, 0.1) is 0 Å². The molecule has 2 aliphatic rings. The highest BCUT2D eigenvalue weighted by atomic mass is 14.8. The van der Waals surface area contributed by atoms with Crippen molar-refractivity contribution in [3.05, 3.63) is 0 Å². The molecule has 2 aliphatic carbocycles. The van der Waals surface area contributed by atoms with E-state index in [0.717, 1.165) is 35.0 Å². The Morgan fingerprint density at radius 3 is 2.10 bits per heavy atom. The molecule has 0 aliphatic heterocycles. The van der Waals surface area contributed by atoms with E-state index in [1.54, 1.807) is 0 Å². The highest BCUT2D eigenvalue weighted by molar-refractivity contribution is 5.28. The van der Waals surface area contributed by atoms with E-state index in [-0.39, 0.29) is 0 Å². The van der Waals surface area contributed by atoms with E-state index in [1.807, 2.05) is 0 Å². The first-order chi connectivity index (χ1) is 9.57. The lowest BCUT2D eigenvalue weighted by molar-refractivity contribution is 0.191. The van der Waals surface area contributed by atoms with Gasteiger partial charge in [-0.15, -0.1) is 0 Å². The smallest absolute Gasteiger partial charge is 0.0232 e. The summed E-state index contributed by atoms with van der Waals surface area (Å²) < 4.78 is 0. The fourth-order valence-corrected chi connectivity index (χ4v) is 5.15. The first-order valence-corrected chi connectivity index (χ1v) is 9.57. The van der Waals surface area contributed by atoms with Gasteiger partial charge in [0.25, 0.3) is 0 Å². The molecular formula is C20H38. The van der Waals surface area contributed by atoms with Crippen molar-refractivity contribution in [2.75, 3.05) is 0 Å². The fraction of sp³-hybridized carbons (Fsp3) is 1.00. The summed E-state index contributed by atoms with van der Waals surface area (Å²) in [6.07, 6.45) is 13.1. The Kier molecular flexibility index (Phi) is 5.60. The number of fused-ring (bicyclic) bond motifs is 1. The number of rotatable bonds is 11. The van der Waals surface area contributed by atoms with Crippen LogP contribution in [-0.2, 0) is 0 Å². The minimum absolute atomic E-state index is 0.765. The minimum Gasteiger partial charge on any atom is -0.0654 e. The van der Waals surface area contributed by atoms with Gasteiger partial charge >= 0.3 is 0 Å². The second kappa shape index (κ2) is 6.84. The molecule has 2 fully saturated rings. The highest BCUT2D eigenvalue weighted by Crippen LogP contribution is 2.85. The predicted molar refractivity (Wildman–Crippen MR) is 89.8 cm³/mol. The Balaban J connectivity index is 1.55. The standard InChI is InChI=1S/C20H38/c1-6-8-9-10-11-13-15(3)14-17-18-19(17)20(18,5)16(4)12-7-2/h15-19H,6-14H2,1-5H3. The van der Waals surface area contributed by atoms with Crippen molar-refractivity contribution in [1.29, 1.82) is 0 Å². The molecule has 0 aromatic heterocycles. The Morgan fingerprint density at radius 2 is 1.50 bits per heavy atom. The number of hydrogen-bond acceptors (Lipinski definition) is 0. The molecule has 20 heavy (non-hydrogen) atoms. The van der Waals surface area contributed by atoms with Gasteiger partial charge in [-0.3, -0.25) is 0 Å². The van der Waals surface area contributed by atoms with Gasteiger partial charge in [-0.1, -0.05) is 86.0 Å². The molecule has 0 nitrogen and oxygen atoms in total. The largest absolute Gasteiger partial charge is 0.0654 e. The summed E-state index contributed by atoms with van der Waals surface area (Å²) in [7, 11) is 0. The molecule has 0 N–H and O–H groups in total. The molecule has 2 saturated carbocycles. The predicted octanol–water partition coefficient (Wildman–Crippen LogP) is 6.69. The zero-order valence-electron chi connectivity index (χ0n) is 14.8. The first-order valence-electron chi connectivity index (χ1n) is 9.57. The van der Waals surface area contributed by atoms with E-state index in [2.05, 4.69) is 34.6 Å². The SMILES string of the molecule is CCCCCCCC(C)CC1C2C1C2(C)C(C)CCC. The summed E-state index contributed by atoms with van der Waals surface area (Å²) in [4.78, 5) is 0. The highest BCUT2D eigenvalue weighted by Gasteiger charge is 2.81. The van der Waals surface area contributed by atoms with E-state index in [1.165, 1.54) is 57.8 Å². The maximum absolute atomic E-state index is 2.58. The fourth-order valence-electron chi connectivity index (χ4n) is 5.15. The molecular weight excluding hydrogens is 240 g/mol. The van der Waals surface area contributed by atoms with Gasteiger partial charge in [0.15, 0.2) is 0 Å². The second-order valence-corrected chi connectivity index (χ2v) is 8.31. The summed E-state index contributed by atoms with van der Waals surface area (Å²) in [6.45, 7) is 12.2. The van der Waals surface area contributed by atoms with Gasteiger partial charge in [-0.25, -0.2) is 0 Å². The van der Waals surface area contributed by atoms with E-state index >= 15 is 0 Å². The van der Waals surface area contributed by atoms with Crippen LogP contribution in [0.3, 0.4) is 0 Å². The van der Waals surface area contributed by atoms with Crippen molar-refractivity contribution in [2.45, 2.75) is 92.4 Å². The molecule has 0 heteroatoms. The molecule has 4 unspecified atom stereocenters. The summed E-state index contributed by atoms with van der Waals surface area (Å²) in [5.41, 5.74) is 0.765. The van der Waals surface area contributed by atoms with Crippen LogP contribution in [0.2, 0.25) is 0 Å². The van der Waals surface area contributed by atoms with Crippen LogP contribution in [0.15, 0.2) is 0 Å². The molecule has 0 spiro atoms. The van der Waals surface area contributed by atoms with Crippen molar-refractivity contribution >= 4 is 0 Å². The maximum Gasteiger partial charge on any atom is -0.0232 e. The van der Waals surface area contributed by atoms with E-state index in [0.29, 0.717) is 0 Å². The van der Waals surface area contributed by atoms with Crippen molar-refractivity contribution in [2.24, 2.45) is 35.0 Å². The Hall–Kier alpha value is 0. The molecule has 0 radical (unpaired) electrons. The van der Waals surface area contributed by atoms with Crippen LogP contribution in [0.4, 0.5) is 0 Å². The minimum atomic E-state index is 0.765. The monoisotopic (exact) mass is 278 g/mol. The van der Waals surface area contributed by atoms with Gasteiger partial charge in [0.1, 0.15) is 0 Å². The van der Waals surface area contributed by atoms with Gasteiger partial charge in [0, 0.05) is 0 Å². The Labute approximate surface area is 128 Å². The average Bonchev–Trinajstić information content (AvgIpc) is 3.29. The zero-order chi connectivity index (χ0) is 14.8. The van der Waals surface area contributed by atoms with Crippen LogP contribution < -0.4 is 0 Å². The third-order valence-electron chi connectivity index (χ3n) is 6.75. The molecule has 0 bridgehead atoms. The lowest BCUT2D eigenvalue weighted by Crippen LogP contribution is -2.23. The summed E-state index contributed by atoms with van der Waals surface area (Å²) in [5, 5.41) is 0. The Bertz CT molecular complexity index is 282. The van der Waals surface area contributed by atoms with Gasteiger partial charge in [-0.2, -0.15) is 0 Å². The maximum atomic E-state index is 2.58.